The maximum Gasteiger partial charge on any atom is 0.336 e. The lowest BCUT2D eigenvalue weighted by Gasteiger charge is -2.34. The van der Waals surface area contributed by atoms with Crippen LogP contribution < -0.4 is 0 Å². The average molecular weight is 509 g/mol. The molecule has 2 amide bonds. The Hall–Kier alpha value is -4.19. The van der Waals surface area contributed by atoms with Crippen molar-refractivity contribution < 1.29 is 19.1 Å². The van der Waals surface area contributed by atoms with E-state index in [-0.39, 0.29) is 36.7 Å². The van der Waals surface area contributed by atoms with Crippen LogP contribution in [0.1, 0.15) is 58.8 Å². The van der Waals surface area contributed by atoms with Crippen molar-refractivity contribution in [3.63, 3.8) is 0 Å². The van der Waals surface area contributed by atoms with Gasteiger partial charge in [-0.15, -0.1) is 0 Å². The van der Waals surface area contributed by atoms with Gasteiger partial charge >= 0.3 is 5.97 Å². The quantitative estimate of drug-likeness (QED) is 0.427. The molecule has 6 heteroatoms. The van der Waals surface area contributed by atoms with Gasteiger partial charge < -0.3 is 14.5 Å². The van der Waals surface area contributed by atoms with Gasteiger partial charge in [-0.05, 0) is 54.7 Å². The molecule has 0 radical (unpaired) electrons. The number of nitrogens with zero attached hydrogens (tertiary/aromatic N) is 2. The summed E-state index contributed by atoms with van der Waals surface area (Å²) in [6.07, 6.45) is 1.05. The van der Waals surface area contributed by atoms with Gasteiger partial charge in [0.15, 0.2) is 0 Å². The molecule has 3 aromatic rings. The number of ether oxygens (including phenoxy) is 1. The SMILES string of the molecule is CCOC(=O)C1=C(C)N(Cc2ccc(C(=O)N3CCc4ccccc4C3)cc2)C(=O)CC1c1ccccc1. The van der Waals surface area contributed by atoms with E-state index in [0.29, 0.717) is 36.5 Å². The molecule has 1 unspecified atom stereocenters. The zero-order chi connectivity index (χ0) is 26.6. The van der Waals surface area contributed by atoms with Gasteiger partial charge in [-0.1, -0.05) is 66.7 Å². The smallest absolute Gasteiger partial charge is 0.336 e. The number of hydrogen-bond acceptors (Lipinski definition) is 4. The number of allylic oxidation sites excluding steroid dienone is 1. The highest BCUT2D eigenvalue weighted by Crippen LogP contribution is 2.37. The number of rotatable bonds is 6. The molecule has 5 rings (SSSR count). The summed E-state index contributed by atoms with van der Waals surface area (Å²) < 4.78 is 5.38. The van der Waals surface area contributed by atoms with Crippen molar-refractivity contribution in [2.75, 3.05) is 13.2 Å². The minimum absolute atomic E-state index is 0.00600. The molecule has 2 aliphatic heterocycles. The minimum Gasteiger partial charge on any atom is -0.463 e. The molecule has 2 heterocycles. The highest BCUT2D eigenvalue weighted by Gasteiger charge is 2.36. The summed E-state index contributed by atoms with van der Waals surface area (Å²) in [6.45, 7) is 5.49. The van der Waals surface area contributed by atoms with Gasteiger partial charge in [0.2, 0.25) is 5.91 Å². The first kappa shape index (κ1) is 25.5. The van der Waals surface area contributed by atoms with E-state index in [1.165, 1.54) is 11.1 Å². The van der Waals surface area contributed by atoms with Crippen molar-refractivity contribution in [2.45, 2.75) is 45.7 Å². The van der Waals surface area contributed by atoms with Crippen LogP contribution in [0.4, 0.5) is 0 Å². The maximum atomic E-state index is 13.3. The summed E-state index contributed by atoms with van der Waals surface area (Å²) in [5.41, 5.74) is 6.07. The lowest BCUT2D eigenvalue weighted by atomic mass is 9.83. The fourth-order valence-electron chi connectivity index (χ4n) is 5.43. The molecular formula is C32H32N2O4. The van der Waals surface area contributed by atoms with Gasteiger partial charge in [0.25, 0.3) is 5.91 Å². The Labute approximate surface area is 223 Å². The predicted molar refractivity (Wildman–Crippen MR) is 145 cm³/mol. The molecule has 0 saturated carbocycles. The van der Waals surface area contributed by atoms with E-state index < -0.39 is 0 Å². The summed E-state index contributed by atoms with van der Waals surface area (Å²) >= 11 is 0. The molecule has 0 N–H and O–H groups in total. The van der Waals surface area contributed by atoms with E-state index >= 15 is 0 Å². The van der Waals surface area contributed by atoms with Gasteiger partial charge in [-0.3, -0.25) is 9.59 Å². The van der Waals surface area contributed by atoms with Crippen molar-refractivity contribution in [2.24, 2.45) is 0 Å². The van der Waals surface area contributed by atoms with Crippen molar-refractivity contribution in [3.8, 4) is 0 Å². The van der Waals surface area contributed by atoms with E-state index in [4.69, 9.17) is 4.74 Å². The molecule has 0 spiro atoms. The Balaban J connectivity index is 1.35. The predicted octanol–water partition coefficient (Wildman–Crippen LogP) is 5.24. The highest BCUT2D eigenvalue weighted by molar-refractivity contribution is 5.96. The summed E-state index contributed by atoms with van der Waals surface area (Å²) in [5.74, 6) is -0.767. The fourth-order valence-corrected chi connectivity index (χ4v) is 5.43. The fraction of sp³-hybridized carbons (Fsp3) is 0.281. The second kappa shape index (κ2) is 11.1. The summed E-state index contributed by atoms with van der Waals surface area (Å²) in [6, 6.07) is 25.3. The molecule has 194 valence electrons. The minimum atomic E-state index is -0.389. The van der Waals surface area contributed by atoms with Gasteiger partial charge in [0, 0.05) is 36.7 Å². The number of esters is 1. The molecule has 0 saturated heterocycles. The molecule has 3 aromatic carbocycles. The second-order valence-corrected chi connectivity index (χ2v) is 9.81. The Bertz CT molecular complexity index is 1380. The number of benzene rings is 3. The van der Waals surface area contributed by atoms with E-state index in [2.05, 4.69) is 12.1 Å². The first-order valence-electron chi connectivity index (χ1n) is 13.1. The first-order chi connectivity index (χ1) is 18.5. The first-order valence-corrected chi connectivity index (χ1v) is 13.1. The Morgan fingerprint density at radius 2 is 1.61 bits per heavy atom. The van der Waals surface area contributed by atoms with Crippen molar-refractivity contribution in [3.05, 3.63) is 118 Å². The second-order valence-electron chi connectivity index (χ2n) is 9.81. The number of carbonyl (C=O) groups excluding carboxylic acids is 3. The van der Waals surface area contributed by atoms with Crippen LogP contribution in [-0.2, 0) is 33.8 Å². The molecule has 38 heavy (non-hydrogen) atoms. The van der Waals surface area contributed by atoms with Crippen LogP contribution in [0.3, 0.4) is 0 Å². The Kier molecular flexibility index (Phi) is 7.40. The van der Waals surface area contributed by atoms with Crippen LogP contribution in [0, 0.1) is 0 Å². The third-order valence-corrected chi connectivity index (χ3v) is 7.48. The molecule has 0 aliphatic carbocycles. The highest BCUT2D eigenvalue weighted by atomic mass is 16.5. The van der Waals surface area contributed by atoms with Crippen LogP contribution in [0.5, 0.6) is 0 Å². The summed E-state index contributed by atoms with van der Waals surface area (Å²) in [7, 11) is 0. The van der Waals surface area contributed by atoms with Crippen molar-refractivity contribution in [1.82, 2.24) is 9.80 Å². The van der Waals surface area contributed by atoms with Gasteiger partial charge in [-0.2, -0.15) is 0 Å². The molecule has 0 fully saturated rings. The normalized spacial score (nSPS) is 17.3. The monoisotopic (exact) mass is 508 g/mol. The number of fused-ring (bicyclic) bond motifs is 1. The van der Waals surface area contributed by atoms with Gasteiger partial charge in [0.05, 0.1) is 18.7 Å². The zero-order valence-corrected chi connectivity index (χ0v) is 21.9. The molecule has 0 aromatic heterocycles. The number of amides is 2. The lowest BCUT2D eigenvalue weighted by Crippen LogP contribution is -2.38. The average Bonchev–Trinajstić information content (AvgIpc) is 2.95. The lowest BCUT2D eigenvalue weighted by molar-refractivity contribution is -0.140. The van der Waals surface area contributed by atoms with Crippen LogP contribution in [0.15, 0.2) is 90.1 Å². The number of carbonyl (C=O) groups is 3. The van der Waals surface area contributed by atoms with Gasteiger partial charge in [0.1, 0.15) is 0 Å². The van der Waals surface area contributed by atoms with Crippen LogP contribution >= 0.6 is 0 Å². The van der Waals surface area contributed by atoms with E-state index in [9.17, 15) is 14.4 Å². The van der Waals surface area contributed by atoms with Crippen LogP contribution in [-0.4, -0.2) is 40.7 Å². The summed E-state index contributed by atoms with van der Waals surface area (Å²) in [5, 5.41) is 0. The standard InChI is InChI=1S/C32H32N2O4/c1-3-38-32(37)30-22(2)34(29(35)19-28(30)25-10-5-4-6-11-25)20-23-13-15-26(16-14-23)31(36)33-18-17-24-9-7-8-12-27(24)21-33/h4-16,28H,3,17-21H2,1-2H3. The third kappa shape index (κ3) is 5.12. The molecule has 6 nitrogen and oxygen atoms in total. The molecule has 0 bridgehead atoms. The Morgan fingerprint density at radius 1 is 0.921 bits per heavy atom. The molecule has 1 atom stereocenters. The Morgan fingerprint density at radius 3 is 2.32 bits per heavy atom. The van der Waals surface area contributed by atoms with Gasteiger partial charge in [-0.25, -0.2) is 4.79 Å². The molecule has 2 aliphatic rings. The third-order valence-electron chi connectivity index (χ3n) is 7.48. The van der Waals surface area contributed by atoms with E-state index in [1.54, 1.807) is 11.8 Å². The molecular weight excluding hydrogens is 476 g/mol. The summed E-state index contributed by atoms with van der Waals surface area (Å²) in [4.78, 5) is 43.0. The van der Waals surface area contributed by atoms with E-state index in [0.717, 1.165) is 17.5 Å². The maximum absolute atomic E-state index is 13.3. The number of hydrogen-bond donors (Lipinski definition) is 0. The van der Waals surface area contributed by atoms with Crippen LogP contribution in [0.2, 0.25) is 0 Å². The van der Waals surface area contributed by atoms with Crippen molar-refractivity contribution >= 4 is 17.8 Å². The zero-order valence-electron chi connectivity index (χ0n) is 21.9. The van der Waals surface area contributed by atoms with Crippen LogP contribution in [0.25, 0.3) is 0 Å². The largest absolute Gasteiger partial charge is 0.463 e. The van der Waals surface area contributed by atoms with Crippen molar-refractivity contribution in [1.29, 1.82) is 0 Å². The van der Waals surface area contributed by atoms with E-state index in [1.807, 2.05) is 78.6 Å². The topological polar surface area (TPSA) is 66.9 Å².